The molecule has 2 N–H and O–H groups in total. The number of carbonyl (C=O) groups is 2. The molecule has 0 bridgehead atoms. The van der Waals surface area contributed by atoms with Crippen LogP contribution < -0.4 is 5.73 Å². The molecule has 1 unspecified atom stereocenters. The summed E-state index contributed by atoms with van der Waals surface area (Å²) in [6, 6.07) is 13.7. The van der Waals surface area contributed by atoms with Crippen molar-refractivity contribution in [2.24, 2.45) is 5.73 Å². The second-order valence-electron chi connectivity index (χ2n) is 10.9. The van der Waals surface area contributed by atoms with E-state index in [2.05, 4.69) is 18.7 Å². The van der Waals surface area contributed by atoms with Crippen molar-refractivity contribution in [3.05, 3.63) is 70.5 Å². The smallest absolute Gasteiger partial charge is 0.315 e. The van der Waals surface area contributed by atoms with Gasteiger partial charge in [0, 0.05) is 61.2 Å². The van der Waals surface area contributed by atoms with Gasteiger partial charge in [-0.3, -0.25) is 9.69 Å². The van der Waals surface area contributed by atoms with Crippen LogP contribution in [-0.2, 0) is 11.3 Å². The zero-order valence-electron chi connectivity index (χ0n) is 21.9. The van der Waals surface area contributed by atoms with Gasteiger partial charge in [-0.15, -0.1) is 0 Å². The molecule has 1 aliphatic heterocycles. The summed E-state index contributed by atoms with van der Waals surface area (Å²) in [5, 5.41) is 0.617. The third-order valence-corrected chi connectivity index (χ3v) is 7.23. The monoisotopic (exact) mass is 516 g/mol. The van der Waals surface area contributed by atoms with Crippen molar-refractivity contribution in [2.75, 3.05) is 19.6 Å². The molecule has 1 fully saturated rings. The van der Waals surface area contributed by atoms with E-state index in [1.165, 1.54) is 12.1 Å². The number of benzene rings is 2. The first kappa shape index (κ1) is 27.9. The minimum atomic E-state index is -0.509. The molecule has 36 heavy (non-hydrogen) atoms. The number of nitrogens with zero attached hydrogens (tertiary/aromatic N) is 3. The van der Waals surface area contributed by atoms with Gasteiger partial charge in [0.25, 0.3) is 0 Å². The van der Waals surface area contributed by atoms with Crippen LogP contribution in [0, 0.1) is 5.82 Å². The van der Waals surface area contributed by atoms with Crippen molar-refractivity contribution in [3.8, 4) is 0 Å². The molecule has 0 spiro atoms. The zero-order valence-corrected chi connectivity index (χ0v) is 22.6. The maximum atomic E-state index is 13.6. The summed E-state index contributed by atoms with van der Waals surface area (Å²) in [5.41, 5.74) is 7.23. The quantitative estimate of drug-likeness (QED) is 0.546. The van der Waals surface area contributed by atoms with Crippen molar-refractivity contribution >= 4 is 23.5 Å². The second-order valence-corrected chi connectivity index (χ2v) is 11.3. The molecule has 3 atom stereocenters. The molecule has 0 aromatic heterocycles. The van der Waals surface area contributed by atoms with Crippen LogP contribution in [0.4, 0.5) is 9.18 Å². The van der Waals surface area contributed by atoms with E-state index < -0.39 is 11.6 Å². The Bertz CT molecular complexity index is 1040. The molecule has 2 aromatic carbocycles. The van der Waals surface area contributed by atoms with E-state index in [1.54, 1.807) is 29.2 Å². The van der Waals surface area contributed by atoms with Crippen molar-refractivity contribution in [2.45, 2.75) is 71.1 Å². The number of piperazine rings is 1. The van der Waals surface area contributed by atoms with Crippen LogP contribution >= 0.6 is 11.6 Å². The molecule has 3 rings (SSSR count). The van der Waals surface area contributed by atoms with Crippen LogP contribution in [0.15, 0.2) is 48.5 Å². The number of hydrogen-bond acceptors (Lipinski definition) is 3. The van der Waals surface area contributed by atoms with Crippen LogP contribution in [0.5, 0.6) is 0 Å². The van der Waals surface area contributed by atoms with Crippen LogP contribution in [0.3, 0.4) is 0 Å². The highest BCUT2D eigenvalue weighted by Gasteiger charge is 2.35. The minimum absolute atomic E-state index is 0.0230. The molecule has 8 heteroatoms. The Morgan fingerprint density at radius 2 is 1.67 bits per heavy atom. The Labute approximate surface area is 219 Å². The molecule has 1 heterocycles. The highest BCUT2D eigenvalue weighted by Crippen LogP contribution is 2.28. The van der Waals surface area contributed by atoms with E-state index in [0.29, 0.717) is 24.7 Å². The van der Waals surface area contributed by atoms with Gasteiger partial charge in [0.2, 0.25) is 5.91 Å². The van der Waals surface area contributed by atoms with Crippen molar-refractivity contribution in [1.82, 2.24) is 14.7 Å². The summed E-state index contributed by atoms with van der Waals surface area (Å²) < 4.78 is 13.3. The summed E-state index contributed by atoms with van der Waals surface area (Å²) in [6.07, 6.45) is 0.260. The Morgan fingerprint density at radius 1 is 1.06 bits per heavy atom. The molecule has 196 valence electrons. The van der Waals surface area contributed by atoms with Gasteiger partial charge >= 0.3 is 6.03 Å². The first-order valence-electron chi connectivity index (χ1n) is 12.5. The summed E-state index contributed by atoms with van der Waals surface area (Å²) in [6.45, 7) is 12.3. The lowest BCUT2D eigenvalue weighted by Gasteiger charge is -2.45. The van der Waals surface area contributed by atoms with Crippen LogP contribution in [-0.4, -0.2) is 63.9 Å². The topological polar surface area (TPSA) is 69.9 Å². The van der Waals surface area contributed by atoms with Gasteiger partial charge in [0.15, 0.2) is 0 Å². The van der Waals surface area contributed by atoms with Gasteiger partial charge in [-0.1, -0.05) is 35.9 Å². The Kier molecular flexibility index (Phi) is 9.01. The molecule has 0 radical (unpaired) electrons. The molecule has 3 amide bonds. The third-order valence-electron chi connectivity index (χ3n) is 6.98. The van der Waals surface area contributed by atoms with E-state index in [0.717, 1.165) is 17.7 Å². The largest absolute Gasteiger partial charge is 0.351 e. The van der Waals surface area contributed by atoms with Crippen molar-refractivity contribution < 1.29 is 14.0 Å². The van der Waals surface area contributed by atoms with Crippen LogP contribution in [0.2, 0.25) is 5.02 Å². The molecule has 6 nitrogen and oxygen atoms in total. The molecule has 0 saturated carbocycles. The van der Waals surface area contributed by atoms with Gasteiger partial charge in [0.05, 0.1) is 0 Å². The molecule has 1 saturated heterocycles. The van der Waals surface area contributed by atoms with Gasteiger partial charge in [-0.05, 0) is 70.0 Å². The molecule has 1 aliphatic rings. The lowest BCUT2D eigenvalue weighted by Crippen LogP contribution is -2.58. The number of hydrogen-bond donors (Lipinski definition) is 1. The van der Waals surface area contributed by atoms with Crippen molar-refractivity contribution in [1.29, 1.82) is 0 Å². The number of rotatable bonds is 7. The maximum absolute atomic E-state index is 13.6. The summed E-state index contributed by atoms with van der Waals surface area (Å²) >= 11 is 6.10. The van der Waals surface area contributed by atoms with E-state index >= 15 is 0 Å². The molecular weight excluding hydrogens is 479 g/mol. The third kappa shape index (κ3) is 7.20. The van der Waals surface area contributed by atoms with Gasteiger partial charge < -0.3 is 15.5 Å². The standard InChI is InChI=1S/C28H38ClFN4O2/c1-19-16-33(20(2)15-32(19)17-21-6-12-25(30)13-7-21)26(35)14-23(22-8-10-24(29)11-9-22)18-34(27(31)36)28(3,4)5/h6-13,19-20,23H,14-18H2,1-5H3,(H2,31,36)/t19-,20+,23?/m0/s1. The summed E-state index contributed by atoms with van der Waals surface area (Å²) in [7, 11) is 0. The molecule has 2 aromatic rings. The zero-order chi connectivity index (χ0) is 26.6. The number of urea groups is 1. The first-order valence-corrected chi connectivity index (χ1v) is 12.8. The fourth-order valence-corrected chi connectivity index (χ4v) is 4.98. The lowest BCUT2D eigenvalue weighted by atomic mass is 9.92. The number of primary amides is 1. The van der Waals surface area contributed by atoms with Crippen LogP contribution in [0.25, 0.3) is 0 Å². The van der Waals surface area contributed by atoms with E-state index in [1.807, 2.05) is 37.8 Å². The van der Waals surface area contributed by atoms with Crippen LogP contribution in [0.1, 0.15) is 58.1 Å². The van der Waals surface area contributed by atoms with Gasteiger partial charge in [-0.2, -0.15) is 0 Å². The highest BCUT2D eigenvalue weighted by molar-refractivity contribution is 6.30. The number of amides is 3. The van der Waals surface area contributed by atoms with E-state index in [9.17, 15) is 14.0 Å². The SMILES string of the molecule is C[C@@H]1CN(Cc2ccc(F)cc2)[C@@H](C)CN1C(=O)CC(CN(C(N)=O)C(C)(C)C)c1ccc(Cl)cc1. The van der Waals surface area contributed by atoms with Crippen molar-refractivity contribution in [3.63, 3.8) is 0 Å². The summed E-state index contributed by atoms with van der Waals surface area (Å²) in [4.78, 5) is 31.8. The number of nitrogens with two attached hydrogens (primary N) is 1. The summed E-state index contributed by atoms with van der Waals surface area (Å²) in [5.74, 6) is -0.414. The van der Waals surface area contributed by atoms with E-state index in [4.69, 9.17) is 17.3 Å². The first-order chi connectivity index (χ1) is 16.8. The Hall–Kier alpha value is -2.64. The minimum Gasteiger partial charge on any atom is -0.351 e. The molecular formula is C28H38ClFN4O2. The predicted molar refractivity (Wildman–Crippen MR) is 142 cm³/mol. The molecule has 0 aliphatic carbocycles. The average Bonchev–Trinajstić information content (AvgIpc) is 2.79. The van der Waals surface area contributed by atoms with E-state index in [-0.39, 0.29) is 36.1 Å². The average molecular weight is 517 g/mol. The second kappa shape index (κ2) is 11.6. The highest BCUT2D eigenvalue weighted by atomic mass is 35.5. The fraction of sp³-hybridized carbons (Fsp3) is 0.500. The number of halogens is 2. The maximum Gasteiger partial charge on any atom is 0.315 e. The Balaban J connectivity index is 1.74. The normalized spacial score (nSPS) is 19.7. The fourth-order valence-electron chi connectivity index (χ4n) is 4.86. The van der Waals surface area contributed by atoms with Gasteiger partial charge in [0.1, 0.15) is 5.82 Å². The predicted octanol–water partition coefficient (Wildman–Crippen LogP) is 5.25. The Morgan fingerprint density at radius 3 is 2.22 bits per heavy atom. The number of carbonyl (C=O) groups excluding carboxylic acids is 2. The van der Waals surface area contributed by atoms with Gasteiger partial charge in [-0.25, -0.2) is 9.18 Å². The lowest BCUT2D eigenvalue weighted by molar-refractivity contribution is -0.138.